The van der Waals surface area contributed by atoms with Crippen molar-refractivity contribution in [2.45, 2.75) is 80.9 Å². The summed E-state index contributed by atoms with van der Waals surface area (Å²) in [6.45, 7) is 0. The van der Waals surface area contributed by atoms with Crippen molar-refractivity contribution in [2.75, 3.05) is 4.90 Å². The normalized spacial score (nSPS) is 26.8. The van der Waals surface area contributed by atoms with Gasteiger partial charge in [-0.2, -0.15) is 0 Å². The second-order valence-electron chi connectivity index (χ2n) is 10.4. The summed E-state index contributed by atoms with van der Waals surface area (Å²) < 4.78 is 15.1. The van der Waals surface area contributed by atoms with Crippen LogP contribution in [0.25, 0.3) is 0 Å². The number of carbonyl (C=O) groups is 2. The number of anilines is 1. The molecule has 2 heterocycles. The molecule has 2 amide bonds. The van der Waals surface area contributed by atoms with Gasteiger partial charge in [0.15, 0.2) is 0 Å². The highest BCUT2D eigenvalue weighted by Crippen LogP contribution is 2.49. The first kappa shape index (κ1) is 21.9. The molecule has 2 N–H and O–H groups in total. The number of fused-ring (bicyclic) bond motifs is 2. The molecule has 2 aromatic carbocycles. The van der Waals surface area contributed by atoms with E-state index in [9.17, 15) is 9.59 Å². The fourth-order valence-electron chi connectivity index (χ4n) is 5.91. The Kier molecular flexibility index (Phi) is 5.32. The van der Waals surface area contributed by atoms with Crippen LogP contribution in [0.3, 0.4) is 0 Å². The molecule has 0 unspecified atom stereocenters. The van der Waals surface area contributed by atoms with Crippen molar-refractivity contribution in [2.24, 2.45) is 0 Å². The molecule has 4 aliphatic rings. The number of benzene rings is 2. The number of rotatable bonds is 6. The van der Waals surface area contributed by atoms with Crippen molar-refractivity contribution in [1.29, 1.82) is 0 Å². The van der Waals surface area contributed by atoms with Crippen molar-refractivity contribution in [3.8, 4) is 0 Å². The number of nitrogens with one attached hydrogen (secondary N) is 2. The van der Waals surface area contributed by atoms with Crippen LogP contribution in [-0.4, -0.2) is 36.0 Å². The Hall–Kier alpha value is -2.60. The van der Waals surface area contributed by atoms with Crippen LogP contribution in [0, 0.1) is 5.82 Å². The molecular formula is C27H29ClFN3O2. The average molecular weight is 482 g/mol. The van der Waals surface area contributed by atoms with Crippen molar-refractivity contribution < 1.29 is 14.0 Å². The Morgan fingerprint density at radius 2 is 1.59 bits per heavy atom. The standard InChI is InChI=1S/C27H29ClFN3O2/c28-18-4-2-17(3-5-18)27(11-12-27)26(34)31-20-14-21-8-9-22(15-20)32(21)24-10-1-16(13-23(24)29)25(33)30-19-6-7-19/h1-5,10,13,19-22H,6-9,11-12,14-15H2,(H,30,33)(H,31,34)/t20-,21+,22-. The van der Waals surface area contributed by atoms with E-state index in [4.69, 9.17) is 11.6 Å². The van der Waals surface area contributed by atoms with Crippen LogP contribution in [0.5, 0.6) is 0 Å². The maximum absolute atomic E-state index is 15.1. The van der Waals surface area contributed by atoms with Gasteiger partial charge in [-0.05, 0) is 87.3 Å². The lowest BCUT2D eigenvalue weighted by Crippen LogP contribution is -2.52. The van der Waals surface area contributed by atoms with Gasteiger partial charge in [0.1, 0.15) is 5.82 Å². The monoisotopic (exact) mass is 481 g/mol. The molecule has 2 saturated carbocycles. The first-order valence-electron chi connectivity index (χ1n) is 12.4. The number of carbonyl (C=O) groups excluding carboxylic acids is 2. The van der Waals surface area contributed by atoms with Gasteiger partial charge in [0.25, 0.3) is 5.91 Å². The van der Waals surface area contributed by atoms with Gasteiger partial charge in [0.05, 0.1) is 11.1 Å². The molecule has 34 heavy (non-hydrogen) atoms. The minimum Gasteiger partial charge on any atom is -0.363 e. The van der Waals surface area contributed by atoms with E-state index in [-0.39, 0.29) is 41.8 Å². The quantitative estimate of drug-likeness (QED) is 0.627. The summed E-state index contributed by atoms with van der Waals surface area (Å²) >= 11 is 6.03. The molecule has 178 valence electrons. The Bertz CT molecular complexity index is 1120. The van der Waals surface area contributed by atoms with Gasteiger partial charge >= 0.3 is 0 Å². The first-order chi connectivity index (χ1) is 16.4. The molecule has 3 atom stereocenters. The lowest BCUT2D eigenvalue weighted by Gasteiger charge is -2.41. The van der Waals surface area contributed by atoms with Crippen LogP contribution in [-0.2, 0) is 10.2 Å². The molecule has 2 aromatic rings. The highest BCUT2D eigenvalue weighted by atomic mass is 35.5. The fraction of sp³-hybridized carbons (Fsp3) is 0.481. The molecule has 0 spiro atoms. The van der Waals surface area contributed by atoms with Crippen LogP contribution < -0.4 is 15.5 Å². The fourth-order valence-corrected chi connectivity index (χ4v) is 6.03. The van der Waals surface area contributed by atoms with Crippen LogP contribution in [0.4, 0.5) is 10.1 Å². The number of hydrogen-bond donors (Lipinski definition) is 2. The summed E-state index contributed by atoms with van der Waals surface area (Å²) in [5.74, 6) is -0.445. The lowest BCUT2D eigenvalue weighted by atomic mass is 9.92. The third kappa shape index (κ3) is 3.96. The number of piperidine rings is 1. The number of nitrogens with zero attached hydrogens (tertiary/aromatic N) is 1. The highest BCUT2D eigenvalue weighted by molar-refractivity contribution is 6.30. The largest absolute Gasteiger partial charge is 0.363 e. The third-order valence-corrected chi connectivity index (χ3v) is 8.30. The molecule has 0 radical (unpaired) electrons. The van der Waals surface area contributed by atoms with Crippen LogP contribution in [0.15, 0.2) is 42.5 Å². The smallest absolute Gasteiger partial charge is 0.251 e. The van der Waals surface area contributed by atoms with E-state index in [2.05, 4.69) is 15.5 Å². The molecule has 2 saturated heterocycles. The Morgan fingerprint density at radius 1 is 0.912 bits per heavy atom. The van der Waals surface area contributed by atoms with E-state index in [0.29, 0.717) is 16.3 Å². The van der Waals surface area contributed by atoms with Crippen molar-refractivity contribution in [3.63, 3.8) is 0 Å². The van der Waals surface area contributed by atoms with Gasteiger partial charge in [-0.25, -0.2) is 4.39 Å². The van der Waals surface area contributed by atoms with Gasteiger partial charge in [-0.1, -0.05) is 23.7 Å². The first-order valence-corrected chi connectivity index (χ1v) is 12.8. The molecule has 0 aromatic heterocycles. The van der Waals surface area contributed by atoms with Crippen LogP contribution >= 0.6 is 11.6 Å². The van der Waals surface area contributed by atoms with E-state index < -0.39 is 5.41 Å². The molecule has 7 heteroatoms. The van der Waals surface area contributed by atoms with E-state index in [0.717, 1.165) is 56.9 Å². The van der Waals surface area contributed by atoms with Crippen LogP contribution in [0.1, 0.15) is 67.3 Å². The molecule has 2 aliphatic heterocycles. The van der Waals surface area contributed by atoms with Crippen LogP contribution in [0.2, 0.25) is 5.02 Å². The topological polar surface area (TPSA) is 61.4 Å². The second-order valence-corrected chi connectivity index (χ2v) is 10.9. The number of amides is 2. The zero-order valence-electron chi connectivity index (χ0n) is 19.0. The molecular weight excluding hydrogens is 453 g/mol. The predicted octanol–water partition coefficient (Wildman–Crippen LogP) is 4.72. The van der Waals surface area contributed by atoms with E-state index in [1.807, 2.05) is 24.3 Å². The van der Waals surface area contributed by atoms with Crippen molar-refractivity contribution in [1.82, 2.24) is 10.6 Å². The summed E-state index contributed by atoms with van der Waals surface area (Å²) in [7, 11) is 0. The van der Waals surface area contributed by atoms with Crippen molar-refractivity contribution >= 4 is 29.1 Å². The van der Waals surface area contributed by atoms with E-state index in [1.165, 1.54) is 6.07 Å². The van der Waals surface area contributed by atoms with Crippen molar-refractivity contribution in [3.05, 3.63) is 64.4 Å². The maximum Gasteiger partial charge on any atom is 0.251 e. The van der Waals surface area contributed by atoms with E-state index in [1.54, 1.807) is 12.1 Å². The van der Waals surface area contributed by atoms with Gasteiger partial charge < -0.3 is 15.5 Å². The number of hydrogen-bond acceptors (Lipinski definition) is 3. The predicted molar refractivity (Wildman–Crippen MR) is 130 cm³/mol. The second kappa shape index (κ2) is 8.26. The summed E-state index contributed by atoms with van der Waals surface area (Å²) in [6, 6.07) is 13.2. The summed E-state index contributed by atoms with van der Waals surface area (Å²) in [6.07, 6.45) is 7.32. The molecule has 2 aliphatic carbocycles. The summed E-state index contributed by atoms with van der Waals surface area (Å²) in [5.41, 5.74) is 1.55. The lowest BCUT2D eigenvalue weighted by molar-refractivity contribution is -0.124. The van der Waals surface area contributed by atoms with Gasteiger partial charge in [-0.3, -0.25) is 9.59 Å². The zero-order chi connectivity index (χ0) is 23.4. The Balaban J connectivity index is 1.13. The Labute approximate surface area is 204 Å². The minimum absolute atomic E-state index is 0.0951. The number of halogens is 2. The minimum atomic E-state index is -0.427. The van der Waals surface area contributed by atoms with Gasteiger partial charge in [0, 0.05) is 34.8 Å². The third-order valence-electron chi connectivity index (χ3n) is 8.05. The van der Waals surface area contributed by atoms with Gasteiger partial charge in [-0.15, -0.1) is 0 Å². The molecule has 2 bridgehead atoms. The zero-order valence-corrected chi connectivity index (χ0v) is 19.8. The molecule has 6 rings (SSSR count). The Morgan fingerprint density at radius 3 is 2.18 bits per heavy atom. The summed E-state index contributed by atoms with van der Waals surface area (Å²) in [5, 5.41) is 6.91. The highest BCUT2D eigenvalue weighted by Gasteiger charge is 2.52. The van der Waals surface area contributed by atoms with Gasteiger partial charge in [0.2, 0.25) is 5.91 Å². The van der Waals surface area contributed by atoms with E-state index >= 15 is 4.39 Å². The molecule has 5 nitrogen and oxygen atoms in total. The SMILES string of the molecule is O=C(NC1CC1)c1ccc(N2[C@@H]3CC[C@H]2C[C@@H](NC(=O)C2(c4ccc(Cl)cc4)CC2)C3)c(F)c1. The molecule has 4 fully saturated rings. The summed E-state index contributed by atoms with van der Waals surface area (Å²) in [4.78, 5) is 27.7. The maximum atomic E-state index is 15.1. The average Bonchev–Trinajstić information content (AvgIpc) is 3.73.